The van der Waals surface area contributed by atoms with Crippen molar-refractivity contribution in [3.63, 3.8) is 0 Å². The van der Waals surface area contributed by atoms with Crippen molar-refractivity contribution >= 4 is 0 Å². The number of likely N-dealkylation sites (N-methyl/N-ethyl adjacent to an activating group) is 1. The first-order valence-electron chi connectivity index (χ1n) is 7.77. The number of piperidine rings is 1. The number of furan rings is 1. The van der Waals surface area contributed by atoms with Gasteiger partial charge in [-0.05, 0) is 53.0 Å². The summed E-state index contributed by atoms with van der Waals surface area (Å²) in [4.78, 5) is 4.91. The monoisotopic (exact) mass is 279 g/mol. The standard InChI is InChI=1S/C16H29N3O/c1-5-17-10-16-9-14(13(2)20-16)11-19-8-6-7-15(12-19)18(3)4/h9,15,17H,5-8,10-12H2,1-4H3. The van der Waals surface area contributed by atoms with Crippen LogP contribution >= 0.6 is 0 Å². The summed E-state index contributed by atoms with van der Waals surface area (Å²) in [5.41, 5.74) is 1.34. The average molecular weight is 279 g/mol. The molecule has 1 aromatic heterocycles. The lowest BCUT2D eigenvalue weighted by molar-refractivity contribution is 0.127. The fourth-order valence-corrected chi connectivity index (χ4v) is 2.92. The molecule has 2 heterocycles. The van der Waals surface area contributed by atoms with Gasteiger partial charge in [-0.1, -0.05) is 6.92 Å². The highest BCUT2D eigenvalue weighted by molar-refractivity contribution is 5.20. The number of nitrogens with one attached hydrogen (secondary N) is 1. The van der Waals surface area contributed by atoms with Gasteiger partial charge < -0.3 is 14.6 Å². The summed E-state index contributed by atoms with van der Waals surface area (Å²) in [6.07, 6.45) is 2.61. The zero-order valence-electron chi connectivity index (χ0n) is 13.4. The predicted molar refractivity (Wildman–Crippen MR) is 82.8 cm³/mol. The SMILES string of the molecule is CCNCc1cc(CN2CCCC(N(C)C)C2)c(C)o1. The normalized spacial score (nSPS) is 20.8. The molecule has 1 atom stereocenters. The zero-order chi connectivity index (χ0) is 14.5. The molecule has 0 saturated carbocycles. The number of nitrogens with zero attached hydrogens (tertiary/aromatic N) is 2. The Balaban J connectivity index is 1.93. The summed E-state index contributed by atoms with van der Waals surface area (Å²) in [6.45, 7) is 9.40. The minimum Gasteiger partial charge on any atom is -0.465 e. The van der Waals surface area contributed by atoms with Crippen molar-refractivity contribution in [2.45, 2.75) is 45.8 Å². The third kappa shape index (κ3) is 4.08. The van der Waals surface area contributed by atoms with Gasteiger partial charge in [0.1, 0.15) is 11.5 Å². The molecule has 1 aromatic rings. The molecule has 2 rings (SSSR count). The van der Waals surface area contributed by atoms with Gasteiger partial charge in [0.05, 0.1) is 6.54 Å². The van der Waals surface area contributed by atoms with E-state index in [0.29, 0.717) is 6.04 Å². The van der Waals surface area contributed by atoms with Crippen LogP contribution in [-0.4, -0.2) is 49.6 Å². The van der Waals surface area contributed by atoms with Crippen LogP contribution in [0, 0.1) is 6.92 Å². The van der Waals surface area contributed by atoms with Gasteiger partial charge in [0, 0.05) is 24.7 Å². The molecule has 0 radical (unpaired) electrons. The summed E-state index contributed by atoms with van der Waals surface area (Å²) in [7, 11) is 4.37. The second-order valence-electron chi connectivity index (χ2n) is 6.07. The lowest BCUT2D eigenvalue weighted by Crippen LogP contribution is -2.44. The van der Waals surface area contributed by atoms with Crippen LogP contribution in [0.1, 0.15) is 36.8 Å². The van der Waals surface area contributed by atoms with Crippen LogP contribution in [0.2, 0.25) is 0 Å². The average Bonchev–Trinajstić information content (AvgIpc) is 2.77. The van der Waals surface area contributed by atoms with Crippen LogP contribution in [0.3, 0.4) is 0 Å². The summed E-state index contributed by atoms with van der Waals surface area (Å²) in [6, 6.07) is 2.91. The second kappa shape index (κ2) is 7.25. The molecule has 20 heavy (non-hydrogen) atoms. The van der Waals surface area contributed by atoms with Gasteiger partial charge in [0.15, 0.2) is 0 Å². The topological polar surface area (TPSA) is 31.6 Å². The van der Waals surface area contributed by atoms with Crippen LogP contribution in [0.4, 0.5) is 0 Å². The van der Waals surface area contributed by atoms with Gasteiger partial charge in [-0.25, -0.2) is 0 Å². The Bertz CT molecular complexity index is 414. The molecule has 1 aliphatic heterocycles. The molecule has 0 bridgehead atoms. The maximum atomic E-state index is 5.83. The van der Waals surface area contributed by atoms with Crippen molar-refractivity contribution in [2.24, 2.45) is 0 Å². The van der Waals surface area contributed by atoms with E-state index < -0.39 is 0 Å². The molecule has 1 saturated heterocycles. The predicted octanol–water partition coefficient (Wildman–Crippen LogP) is 2.22. The van der Waals surface area contributed by atoms with E-state index in [1.807, 2.05) is 0 Å². The van der Waals surface area contributed by atoms with Crippen LogP contribution in [0.25, 0.3) is 0 Å². The lowest BCUT2D eigenvalue weighted by Gasteiger charge is -2.36. The fraction of sp³-hybridized carbons (Fsp3) is 0.750. The van der Waals surface area contributed by atoms with Gasteiger partial charge in [-0.3, -0.25) is 4.90 Å². The molecule has 1 aliphatic rings. The van der Waals surface area contributed by atoms with Gasteiger partial charge in [0.2, 0.25) is 0 Å². The first-order chi connectivity index (χ1) is 9.60. The van der Waals surface area contributed by atoms with Crippen LogP contribution < -0.4 is 5.32 Å². The Morgan fingerprint density at radius 1 is 1.45 bits per heavy atom. The number of likely N-dealkylation sites (tertiary alicyclic amines) is 1. The van der Waals surface area contributed by atoms with E-state index in [1.54, 1.807) is 0 Å². The smallest absolute Gasteiger partial charge is 0.118 e. The Kier molecular flexibility index (Phi) is 5.64. The van der Waals surface area contributed by atoms with Crippen LogP contribution in [0.15, 0.2) is 10.5 Å². The highest BCUT2D eigenvalue weighted by Gasteiger charge is 2.22. The highest BCUT2D eigenvalue weighted by atomic mass is 16.3. The minimum atomic E-state index is 0.692. The number of hydrogen-bond acceptors (Lipinski definition) is 4. The van der Waals surface area contributed by atoms with Crippen molar-refractivity contribution in [1.29, 1.82) is 0 Å². The Hall–Kier alpha value is -0.840. The Morgan fingerprint density at radius 2 is 2.25 bits per heavy atom. The van der Waals surface area contributed by atoms with Crippen molar-refractivity contribution < 1.29 is 4.42 Å². The van der Waals surface area contributed by atoms with E-state index in [2.05, 4.69) is 49.1 Å². The quantitative estimate of drug-likeness (QED) is 0.865. The zero-order valence-corrected chi connectivity index (χ0v) is 13.4. The van der Waals surface area contributed by atoms with E-state index >= 15 is 0 Å². The third-order valence-corrected chi connectivity index (χ3v) is 4.23. The second-order valence-corrected chi connectivity index (χ2v) is 6.07. The first kappa shape index (κ1) is 15.5. The summed E-state index contributed by atoms with van der Waals surface area (Å²) in [5, 5.41) is 3.32. The van der Waals surface area contributed by atoms with Gasteiger partial charge in [-0.15, -0.1) is 0 Å². The molecule has 4 nitrogen and oxygen atoms in total. The summed E-state index contributed by atoms with van der Waals surface area (Å²) >= 11 is 0. The Labute approximate surface area is 123 Å². The molecule has 1 fully saturated rings. The molecular weight excluding hydrogens is 250 g/mol. The third-order valence-electron chi connectivity index (χ3n) is 4.23. The molecule has 0 amide bonds. The van der Waals surface area contributed by atoms with E-state index in [-0.39, 0.29) is 0 Å². The molecule has 4 heteroatoms. The molecule has 0 aliphatic carbocycles. The van der Waals surface area contributed by atoms with Gasteiger partial charge in [-0.2, -0.15) is 0 Å². The van der Waals surface area contributed by atoms with E-state index in [1.165, 1.54) is 31.5 Å². The maximum absolute atomic E-state index is 5.83. The summed E-state index contributed by atoms with van der Waals surface area (Å²) in [5.74, 6) is 2.13. The first-order valence-corrected chi connectivity index (χ1v) is 7.77. The number of hydrogen-bond donors (Lipinski definition) is 1. The van der Waals surface area contributed by atoms with Crippen molar-refractivity contribution in [1.82, 2.24) is 15.1 Å². The van der Waals surface area contributed by atoms with Crippen LogP contribution in [-0.2, 0) is 13.1 Å². The van der Waals surface area contributed by atoms with Crippen molar-refractivity contribution in [3.05, 3.63) is 23.2 Å². The number of aryl methyl sites for hydroxylation is 1. The minimum absolute atomic E-state index is 0.692. The van der Waals surface area contributed by atoms with Crippen molar-refractivity contribution in [2.75, 3.05) is 33.7 Å². The van der Waals surface area contributed by atoms with Crippen LogP contribution in [0.5, 0.6) is 0 Å². The largest absolute Gasteiger partial charge is 0.465 e. The molecule has 114 valence electrons. The van der Waals surface area contributed by atoms with Gasteiger partial charge in [0.25, 0.3) is 0 Å². The number of rotatable bonds is 6. The molecule has 0 spiro atoms. The maximum Gasteiger partial charge on any atom is 0.118 e. The fourth-order valence-electron chi connectivity index (χ4n) is 2.92. The summed E-state index contributed by atoms with van der Waals surface area (Å²) < 4.78 is 5.83. The molecular formula is C16H29N3O. The Morgan fingerprint density at radius 3 is 2.95 bits per heavy atom. The van der Waals surface area contributed by atoms with Crippen molar-refractivity contribution in [3.8, 4) is 0 Å². The van der Waals surface area contributed by atoms with Gasteiger partial charge >= 0.3 is 0 Å². The van der Waals surface area contributed by atoms with E-state index in [9.17, 15) is 0 Å². The molecule has 1 unspecified atom stereocenters. The lowest BCUT2D eigenvalue weighted by atomic mass is 10.0. The highest BCUT2D eigenvalue weighted by Crippen LogP contribution is 2.20. The molecule has 0 aromatic carbocycles. The van der Waals surface area contributed by atoms with E-state index in [0.717, 1.165) is 31.2 Å². The van der Waals surface area contributed by atoms with E-state index in [4.69, 9.17) is 4.42 Å². The molecule has 1 N–H and O–H groups in total.